The fraction of sp³-hybridized carbons (Fsp3) is 0.345. The molecule has 0 fully saturated rings. The Hall–Kier alpha value is -2.67. The highest BCUT2D eigenvalue weighted by Gasteiger charge is 2.43. The lowest BCUT2D eigenvalue weighted by Crippen LogP contribution is -2.28. The van der Waals surface area contributed by atoms with Crippen LogP contribution in [0.4, 0.5) is 11.4 Å². The number of nitrogens with zero attached hydrogens (tertiary/aromatic N) is 1. The Morgan fingerprint density at radius 1 is 1.03 bits per heavy atom. The zero-order chi connectivity index (χ0) is 25.8. The molecule has 0 unspecified atom stereocenters. The summed E-state index contributed by atoms with van der Waals surface area (Å²) >= 11 is 6.86. The summed E-state index contributed by atoms with van der Waals surface area (Å²) in [5.74, 6) is -0.217. The van der Waals surface area contributed by atoms with Gasteiger partial charge >= 0.3 is 0 Å². The maximum atomic E-state index is 11.2. The summed E-state index contributed by atoms with van der Waals surface area (Å²) in [5, 5.41) is 4.16. The Labute approximate surface area is 219 Å². The fourth-order valence-corrected chi connectivity index (χ4v) is 5.88. The van der Waals surface area contributed by atoms with Crippen LogP contribution in [0.2, 0.25) is 0 Å². The lowest BCUT2D eigenvalue weighted by molar-refractivity contribution is -0.438. The second-order valence-corrected chi connectivity index (χ2v) is 11.8. The van der Waals surface area contributed by atoms with Crippen molar-refractivity contribution in [1.29, 1.82) is 0 Å². The number of unbranched alkanes of at least 4 members (excludes halogenated alkanes) is 1. The van der Waals surface area contributed by atoms with Crippen LogP contribution in [0.25, 0.3) is 0 Å². The van der Waals surface area contributed by atoms with Gasteiger partial charge in [0.05, 0.1) is 11.2 Å². The van der Waals surface area contributed by atoms with Crippen LogP contribution < -0.4 is 5.32 Å². The molecule has 1 heterocycles. The largest absolute Gasteiger partial charge is 0.361 e. The monoisotopic (exact) mass is 525 g/mol. The van der Waals surface area contributed by atoms with Gasteiger partial charge in [0.25, 0.3) is 10.1 Å². The molecule has 0 saturated heterocycles. The number of hydrogen-bond donors (Lipinski definition) is 2. The summed E-state index contributed by atoms with van der Waals surface area (Å²) in [6.45, 7) is 5.11. The minimum absolute atomic E-state index is 0.203. The number of anilines is 1. The topological polar surface area (TPSA) is 69.4 Å². The molecule has 36 heavy (non-hydrogen) atoms. The van der Waals surface area contributed by atoms with E-state index < -0.39 is 10.1 Å². The average Bonchev–Trinajstić information content (AvgIpc) is 3.06. The number of benzene rings is 2. The Morgan fingerprint density at radius 2 is 1.75 bits per heavy atom. The zero-order valence-electron chi connectivity index (χ0n) is 20.9. The molecule has 4 rings (SSSR count). The minimum Gasteiger partial charge on any atom is -0.361 e. The van der Waals surface area contributed by atoms with E-state index in [4.69, 9.17) is 16.2 Å². The molecule has 2 aromatic carbocycles. The van der Waals surface area contributed by atoms with Crippen molar-refractivity contribution in [3.05, 3.63) is 94.7 Å². The van der Waals surface area contributed by atoms with Crippen molar-refractivity contribution < 1.29 is 17.5 Å². The number of halogens is 1. The molecular weight excluding hydrogens is 492 g/mol. The molecule has 7 heteroatoms. The van der Waals surface area contributed by atoms with E-state index >= 15 is 0 Å². The fourth-order valence-electron chi connectivity index (χ4n) is 5.01. The molecule has 0 spiro atoms. The first-order valence-electron chi connectivity index (χ1n) is 12.4. The molecule has 5 nitrogen and oxygen atoms in total. The second kappa shape index (κ2) is 11.2. The van der Waals surface area contributed by atoms with Crippen LogP contribution in [0.5, 0.6) is 0 Å². The molecule has 1 aliphatic heterocycles. The standard InChI is InChI=1S/C29H33ClN2O3S/c1-29(2)25-15-6-7-16-26(25)32(19-8-9-20-36(33,34)35)27(29)18-17-22-11-10-12-23(28(22)30)21-31-24-13-4-3-5-14-24/h3-7,13-18,21H,8-12,19-20H2,1-2H3,(H,33,34,35)/p+1. The summed E-state index contributed by atoms with van der Waals surface area (Å²) < 4.78 is 33.7. The van der Waals surface area contributed by atoms with Crippen LogP contribution in [-0.2, 0) is 15.5 Å². The Morgan fingerprint density at radius 3 is 2.50 bits per heavy atom. The molecule has 0 amide bonds. The van der Waals surface area contributed by atoms with Gasteiger partial charge in [0.15, 0.2) is 5.71 Å². The summed E-state index contributed by atoms with van der Waals surface area (Å²) in [6.07, 6.45) is 10.3. The van der Waals surface area contributed by atoms with Gasteiger partial charge in [0.1, 0.15) is 6.54 Å². The maximum Gasteiger partial charge on any atom is 0.264 e. The molecular formula is C29H34ClN2O3S+. The van der Waals surface area contributed by atoms with E-state index in [1.807, 2.05) is 42.6 Å². The van der Waals surface area contributed by atoms with Gasteiger partial charge in [-0.3, -0.25) is 4.55 Å². The van der Waals surface area contributed by atoms with E-state index in [1.165, 1.54) is 5.56 Å². The van der Waals surface area contributed by atoms with E-state index in [2.05, 4.69) is 54.1 Å². The Bertz CT molecular complexity index is 1340. The number of para-hydroxylation sites is 2. The summed E-state index contributed by atoms with van der Waals surface area (Å²) in [6, 6.07) is 18.4. The number of nitrogens with one attached hydrogen (secondary N) is 1. The third kappa shape index (κ3) is 6.17. The maximum absolute atomic E-state index is 11.2. The highest BCUT2D eigenvalue weighted by molar-refractivity contribution is 7.85. The van der Waals surface area contributed by atoms with Crippen molar-refractivity contribution >= 4 is 38.8 Å². The van der Waals surface area contributed by atoms with Crippen molar-refractivity contribution in [1.82, 2.24) is 0 Å². The van der Waals surface area contributed by atoms with Crippen LogP contribution in [0.15, 0.2) is 89.1 Å². The van der Waals surface area contributed by atoms with E-state index in [-0.39, 0.29) is 11.2 Å². The van der Waals surface area contributed by atoms with Crippen molar-refractivity contribution in [2.75, 3.05) is 17.6 Å². The number of allylic oxidation sites excluding steroid dienone is 5. The SMILES string of the molecule is CC1(C)C(/C=C/C2=C(Cl)C(=C\Nc3ccccc3)/CCC2)=[N+](CCCCS(=O)(=O)O)c2ccccc21. The number of hydrogen-bond acceptors (Lipinski definition) is 3. The van der Waals surface area contributed by atoms with Crippen molar-refractivity contribution in [3.63, 3.8) is 0 Å². The van der Waals surface area contributed by atoms with Gasteiger partial charge in [-0.1, -0.05) is 54.1 Å². The van der Waals surface area contributed by atoms with Gasteiger partial charge in [-0.2, -0.15) is 13.0 Å². The van der Waals surface area contributed by atoms with Crippen LogP contribution in [0.1, 0.15) is 51.5 Å². The predicted octanol–water partition coefficient (Wildman–Crippen LogP) is 6.96. The molecule has 2 aromatic rings. The minimum atomic E-state index is -3.95. The lowest BCUT2D eigenvalue weighted by Gasteiger charge is -2.18. The van der Waals surface area contributed by atoms with Crippen LogP contribution in [-0.4, -0.2) is 35.6 Å². The smallest absolute Gasteiger partial charge is 0.264 e. The average molecular weight is 526 g/mol. The van der Waals surface area contributed by atoms with Gasteiger partial charge < -0.3 is 5.32 Å². The summed E-state index contributed by atoms with van der Waals surface area (Å²) in [5.41, 5.74) is 6.60. The van der Waals surface area contributed by atoms with Gasteiger partial charge in [-0.15, -0.1) is 0 Å². The first-order valence-corrected chi connectivity index (χ1v) is 14.4. The van der Waals surface area contributed by atoms with Gasteiger partial charge in [0, 0.05) is 41.0 Å². The first kappa shape index (κ1) is 26.4. The molecule has 0 bridgehead atoms. The van der Waals surface area contributed by atoms with Crippen LogP contribution in [0, 0.1) is 0 Å². The van der Waals surface area contributed by atoms with Gasteiger partial charge in [-0.05, 0) is 62.8 Å². The highest BCUT2D eigenvalue weighted by atomic mass is 35.5. The Balaban J connectivity index is 1.61. The molecule has 2 N–H and O–H groups in total. The third-order valence-electron chi connectivity index (χ3n) is 6.92. The second-order valence-electron chi connectivity index (χ2n) is 9.88. The first-order chi connectivity index (χ1) is 17.2. The molecule has 0 saturated carbocycles. The lowest BCUT2D eigenvalue weighted by atomic mass is 9.81. The molecule has 190 valence electrons. The molecule has 1 aliphatic carbocycles. The zero-order valence-corrected chi connectivity index (χ0v) is 22.4. The molecule has 0 atom stereocenters. The summed E-state index contributed by atoms with van der Waals surface area (Å²) in [4.78, 5) is 0. The highest BCUT2D eigenvalue weighted by Crippen LogP contribution is 2.40. The van der Waals surface area contributed by atoms with Crippen LogP contribution >= 0.6 is 11.6 Å². The molecule has 0 aromatic heterocycles. The van der Waals surface area contributed by atoms with E-state index in [0.29, 0.717) is 19.4 Å². The summed E-state index contributed by atoms with van der Waals surface area (Å²) in [7, 11) is -3.95. The van der Waals surface area contributed by atoms with E-state index in [9.17, 15) is 8.42 Å². The van der Waals surface area contributed by atoms with Gasteiger partial charge in [0.2, 0.25) is 5.69 Å². The van der Waals surface area contributed by atoms with Crippen molar-refractivity contribution in [3.8, 4) is 0 Å². The van der Waals surface area contributed by atoms with Crippen LogP contribution in [0.3, 0.4) is 0 Å². The third-order valence-corrected chi connectivity index (χ3v) is 8.21. The van der Waals surface area contributed by atoms with Crippen molar-refractivity contribution in [2.24, 2.45) is 0 Å². The molecule has 2 aliphatic rings. The van der Waals surface area contributed by atoms with Crippen molar-refractivity contribution in [2.45, 2.75) is 51.4 Å². The normalized spacial score (nSPS) is 18.8. The predicted molar refractivity (Wildman–Crippen MR) is 149 cm³/mol. The number of fused-ring (bicyclic) bond motifs is 1. The van der Waals surface area contributed by atoms with E-state index in [1.54, 1.807) is 0 Å². The quantitative estimate of drug-likeness (QED) is 0.211. The Kier molecular flexibility index (Phi) is 8.18. The number of rotatable bonds is 9. The van der Waals surface area contributed by atoms with Gasteiger partial charge in [-0.25, -0.2) is 0 Å². The molecule has 0 radical (unpaired) electrons. The van der Waals surface area contributed by atoms with E-state index in [0.717, 1.165) is 52.5 Å².